The minimum absolute atomic E-state index is 0.0425. The van der Waals surface area contributed by atoms with Crippen molar-refractivity contribution in [1.82, 2.24) is 19.7 Å². The van der Waals surface area contributed by atoms with Crippen molar-refractivity contribution in [2.45, 2.75) is 31.1 Å². The summed E-state index contributed by atoms with van der Waals surface area (Å²) in [5, 5.41) is 15.4. The van der Waals surface area contributed by atoms with Crippen LogP contribution in [0.25, 0.3) is 0 Å². The molecule has 0 amide bonds. The van der Waals surface area contributed by atoms with Crippen LogP contribution in [0.5, 0.6) is 0 Å². The third-order valence-electron chi connectivity index (χ3n) is 5.68. The summed E-state index contributed by atoms with van der Waals surface area (Å²) in [6, 6.07) is 8.37. The third kappa shape index (κ3) is 5.58. The number of aliphatic hydroxyl groups is 1. The Bertz CT molecular complexity index is 1100. The van der Waals surface area contributed by atoms with Crippen molar-refractivity contribution >= 4 is 5.97 Å². The van der Waals surface area contributed by atoms with Crippen molar-refractivity contribution in [1.29, 1.82) is 0 Å². The van der Waals surface area contributed by atoms with Gasteiger partial charge in [-0.1, -0.05) is 12.1 Å². The monoisotopic (exact) mass is 460 g/mol. The second kappa shape index (κ2) is 9.72. The lowest BCUT2D eigenvalue weighted by molar-refractivity contribution is -0.0396. The molecule has 3 aromatic rings. The Labute approximate surface area is 188 Å². The molecule has 1 N–H and O–H groups in total. The van der Waals surface area contributed by atoms with E-state index < -0.39 is 29.0 Å². The smallest absolute Gasteiger partial charge is 0.338 e. The van der Waals surface area contributed by atoms with Crippen molar-refractivity contribution in [2.75, 3.05) is 19.6 Å². The minimum Gasteiger partial charge on any atom is -0.459 e. The van der Waals surface area contributed by atoms with E-state index in [0.29, 0.717) is 25.9 Å². The Hall–Kier alpha value is -3.24. The van der Waals surface area contributed by atoms with Gasteiger partial charge in [-0.2, -0.15) is 5.10 Å². The Morgan fingerprint density at radius 1 is 1.09 bits per heavy atom. The molecular weight excluding hydrogens is 437 g/mol. The van der Waals surface area contributed by atoms with Crippen molar-refractivity contribution in [3.63, 3.8) is 0 Å². The molecule has 174 valence electrons. The van der Waals surface area contributed by atoms with Crippen LogP contribution in [-0.4, -0.2) is 56.5 Å². The highest BCUT2D eigenvalue weighted by molar-refractivity contribution is 5.89. The average molecular weight is 460 g/mol. The maximum atomic E-state index is 14.6. The highest BCUT2D eigenvalue weighted by Gasteiger charge is 2.37. The van der Waals surface area contributed by atoms with Crippen LogP contribution >= 0.6 is 0 Å². The number of aromatic nitrogens is 3. The molecule has 1 aromatic heterocycles. The van der Waals surface area contributed by atoms with Crippen molar-refractivity contribution in [3.8, 4) is 0 Å². The number of hydrogen-bond acceptors (Lipinski definition) is 6. The molecule has 1 atom stereocenters. The summed E-state index contributed by atoms with van der Waals surface area (Å²) in [7, 11) is 0. The molecule has 1 saturated heterocycles. The molecule has 0 aliphatic carbocycles. The summed E-state index contributed by atoms with van der Waals surface area (Å²) in [4.78, 5) is 18.0. The van der Waals surface area contributed by atoms with E-state index in [2.05, 4.69) is 10.1 Å². The van der Waals surface area contributed by atoms with Gasteiger partial charge in [0.25, 0.3) is 0 Å². The summed E-state index contributed by atoms with van der Waals surface area (Å²) < 4.78 is 48.2. The number of carbonyl (C=O) groups excluding carboxylic acids is 1. The van der Waals surface area contributed by atoms with Gasteiger partial charge in [-0.05, 0) is 37.1 Å². The van der Waals surface area contributed by atoms with Gasteiger partial charge >= 0.3 is 5.97 Å². The third-order valence-corrected chi connectivity index (χ3v) is 5.68. The highest BCUT2D eigenvalue weighted by Crippen LogP contribution is 2.29. The van der Waals surface area contributed by atoms with Crippen LogP contribution in [0.1, 0.15) is 28.8 Å². The maximum absolute atomic E-state index is 14.6. The molecule has 2 heterocycles. The van der Waals surface area contributed by atoms with Crippen LogP contribution in [-0.2, 0) is 16.9 Å². The molecule has 1 aliphatic heterocycles. The molecule has 1 fully saturated rings. The van der Waals surface area contributed by atoms with Crippen molar-refractivity contribution < 1.29 is 27.8 Å². The van der Waals surface area contributed by atoms with Gasteiger partial charge in [-0.15, -0.1) is 0 Å². The summed E-state index contributed by atoms with van der Waals surface area (Å²) in [6.45, 7) is 0.928. The minimum atomic E-state index is -1.70. The number of benzene rings is 2. The van der Waals surface area contributed by atoms with Gasteiger partial charge < -0.3 is 9.84 Å². The average Bonchev–Trinajstić information content (AvgIpc) is 3.27. The van der Waals surface area contributed by atoms with Gasteiger partial charge in [-0.25, -0.2) is 27.6 Å². The quantitative estimate of drug-likeness (QED) is 0.547. The number of ether oxygens (including phenoxy) is 1. The Morgan fingerprint density at radius 3 is 2.52 bits per heavy atom. The number of nitrogens with zero attached hydrogens (tertiary/aromatic N) is 4. The van der Waals surface area contributed by atoms with Crippen molar-refractivity contribution in [2.24, 2.45) is 0 Å². The summed E-state index contributed by atoms with van der Waals surface area (Å²) in [5.41, 5.74) is -1.60. The van der Waals surface area contributed by atoms with Gasteiger partial charge in [0.1, 0.15) is 41.8 Å². The molecular formula is C23H23F3N4O3. The Kier molecular flexibility index (Phi) is 6.75. The predicted octanol–water partition coefficient (Wildman–Crippen LogP) is 2.90. The predicted molar refractivity (Wildman–Crippen MR) is 112 cm³/mol. The Balaban J connectivity index is 1.42. The topological polar surface area (TPSA) is 80.5 Å². The first-order valence-corrected chi connectivity index (χ1v) is 10.5. The number of piperidine rings is 1. The van der Waals surface area contributed by atoms with Crippen LogP contribution in [0.3, 0.4) is 0 Å². The number of carbonyl (C=O) groups is 1. The molecule has 4 rings (SSSR count). The zero-order valence-corrected chi connectivity index (χ0v) is 17.7. The highest BCUT2D eigenvalue weighted by atomic mass is 19.1. The number of β-amino-alcohol motifs (C(OH)–C–C–N with tert-alkyl or cyclic N) is 1. The lowest BCUT2D eigenvalue weighted by Crippen LogP contribution is -2.48. The van der Waals surface area contributed by atoms with E-state index in [-0.39, 0.29) is 30.3 Å². The van der Waals surface area contributed by atoms with Gasteiger partial charge in [0.2, 0.25) is 0 Å². The number of halogens is 3. The first kappa shape index (κ1) is 22.9. The number of likely N-dealkylation sites (tertiary alicyclic amines) is 1. The van der Waals surface area contributed by atoms with Gasteiger partial charge in [-0.3, -0.25) is 4.90 Å². The fourth-order valence-corrected chi connectivity index (χ4v) is 4.06. The first-order chi connectivity index (χ1) is 15.8. The van der Waals surface area contributed by atoms with Crippen LogP contribution < -0.4 is 0 Å². The van der Waals surface area contributed by atoms with Crippen LogP contribution in [0.2, 0.25) is 0 Å². The molecule has 0 radical (unpaired) electrons. The summed E-state index contributed by atoms with van der Waals surface area (Å²) >= 11 is 0. The SMILES string of the molecule is O=C(OC1CCN(CC(O)(Cn2cncn2)c2ccc(F)cc2F)CC1)c1cccc(F)c1. The lowest BCUT2D eigenvalue weighted by atomic mass is 9.91. The van der Waals surface area contributed by atoms with E-state index >= 15 is 0 Å². The molecule has 1 unspecified atom stereocenters. The molecule has 10 heteroatoms. The van der Waals surface area contributed by atoms with Crippen LogP contribution in [0.4, 0.5) is 13.2 Å². The normalized spacial score (nSPS) is 17.0. The van der Waals surface area contributed by atoms with E-state index in [9.17, 15) is 23.1 Å². The summed E-state index contributed by atoms with van der Waals surface area (Å²) in [5.74, 6) is -2.69. The number of rotatable bonds is 7. The lowest BCUT2D eigenvalue weighted by Gasteiger charge is -2.38. The zero-order valence-electron chi connectivity index (χ0n) is 17.7. The molecule has 7 nitrogen and oxygen atoms in total. The fourth-order valence-electron chi connectivity index (χ4n) is 4.06. The molecule has 0 spiro atoms. The molecule has 33 heavy (non-hydrogen) atoms. The fraction of sp³-hybridized carbons (Fsp3) is 0.348. The molecule has 0 bridgehead atoms. The number of esters is 1. The van der Waals surface area contributed by atoms with Crippen LogP contribution in [0.15, 0.2) is 55.1 Å². The molecule has 1 aliphatic rings. The van der Waals surface area contributed by atoms with E-state index in [1.807, 2.05) is 4.90 Å². The first-order valence-electron chi connectivity index (χ1n) is 10.5. The van der Waals surface area contributed by atoms with E-state index in [1.54, 1.807) is 0 Å². The number of hydrogen-bond donors (Lipinski definition) is 1. The second-order valence-corrected chi connectivity index (χ2v) is 8.14. The largest absolute Gasteiger partial charge is 0.459 e. The van der Waals surface area contributed by atoms with E-state index in [1.165, 1.54) is 41.6 Å². The van der Waals surface area contributed by atoms with Gasteiger partial charge in [0.05, 0.1) is 12.1 Å². The van der Waals surface area contributed by atoms with E-state index in [4.69, 9.17) is 4.74 Å². The molecule has 2 aromatic carbocycles. The zero-order chi connectivity index (χ0) is 23.4. The van der Waals surface area contributed by atoms with Crippen LogP contribution in [0, 0.1) is 17.5 Å². The standard InChI is InChI=1S/C23H23F3N4O3/c24-17-3-1-2-16(10-17)22(31)33-19-6-8-29(9-7-19)12-23(32,13-30-15-27-14-28-30)20-5-4-18(25)11-21(20)26/h1-5,10-11,14-15,19,32H,6-9,12-13H2. The van der Waals surface area contributed by atoms with Gasteiger partial charge in [0.15, 0.2) is 0 Å². The van der Waals surface area contributed by atoms with Gasteiger partial charge in [0, 0.05) is 31.3 Å². The van der Waals surface area contributed by atoms with Crippen molar-refractivity contribution in [3.05, 3.63) is 83.7 Å². The second-order valence-electron chi connectivity index (χ2n) is 8.14. The van der Waals surface area contributed by atoms with E-state index in [0.717, 1.165) is 18.2 Å². The Morgan fingerprint density at radius 2 is 1.85 bits per heavy atom. The summed E-state index contributed by atoms with van der Waals surface area (Å²) in [6.07, 6.45) is 3.34. The maximum Gasteiger partial charge on any atom is 0.338 e. The molecule has 0 saturated carbocycles.